The van der Waals surface area contributed by atoms with Crippen LogP contribution in [0.3, 0.4) is 0 Å². The predicted molar refractivity (Wildman–Crippen MR) is 116 cm³/mol. The van der Waals surface area contributed by atoms with Gasteiger partial charge < -0.3 is 14.8 Å². The molecule has 1 aliphatic heterocycles. The summed E-state index contributed by atoms with van der Waals surface area (Å²) in [6.45, 7) is 4.39. The number of allylic oxidation sites excluding steroid dienone is 3. The second-order valence-electron chi connectivity index (χ2n) is 7.50. The summed E-state index contributed by atoms with van der Waals surface area (Å²) in [4.78, 5) is 25.9. The van der Waals surface area contributed by atoms with Gasteiger partial charge in [-0.2, -0.15) is 0 Å². The highest BCUT2D eigenvalue weighted by Gasteiger charge is 2.39. The van der Waals surface area contributed by atoms with Crippen molar-refractivity contribution in [2.75, 3.05) is 13.7 Å². The molecule has 1 heterocycles. The number of rotatable bonds is 7. The number of ketones is 1. The Kier molecular flexibility index (Phi) is 7.17. The van der Waals surface area contributed by atoms with Gasteiger partial charge in [0.2, 0.25) is 0 Å². The van der Waals surface area contributed by atoms with Gasteiger partial charge in [-0.3, -0.25) is 4.79 Å². The van der Waals surface area contributed by atoms with Gasteiger partial charge in [0, 0.05) is 29.3 Å². The Balaban J connectivity index is 2.02. The first-order chi connectivity index (χ1) is 14.0. The van der Waals surface area contributed by atoms with E-state index in [1.165, 1.54) is 0 Å². The van der Waals surface area contributed by atoms with Crippen LogP contribution in [0.2, 0.25) is 0 Å². The molecule has 5 nitrogen and oxygen atoms in total. The van der Waals surface area contributed by atoms with Crippen molar-refractivity contribution in [1.29, 1.82) is 0 Å². The van der Waals surface area contributed by atoms with Crippen molar-refractivity contribution in [3.63, 3.8) is 0 Å². The maximum absolute atomic E-state index is 13.1. The maximum Gasteiger partial charge on any atom is 0.336 e. The average Bonchev–Trinajstić information content (AvgIpc) is 2.70. The molecule has 1 aromatic carbocycles. The molecular weight excluding hydrogens is 434 g/mol. The lowest BCUT2D eigenvalue weighted by Crippen LogP contribution is -2.34. The molecule has 0 bridgehead atoms. The van der Waals surface area contributed by atoms with Crippen molar-refractivity contribution in [2.24, 2.45) is 0 Å². The van der Waals surface area contributed by atoms with E-state index in [1.807, 2.05) is 25.1 Å². The Hall–Kier alpha value is -2.08. The van der Waals surface area contributed by atoms with Gasteiger partial charge in [-0.25, -0.2) is 4.79 Å². The number of halogens is 1. The van der Waals surface area contributed by atoms with Crippen molar-refractivity contribution in [3.8, 4) is 5.75 Å². The van der Waals surface area contributed by atoms with Gasteiger partial charge in [0.05, 0.1) is 23.8 Å². The molecule has 0 radical (unpaired) electrons. The number of Topliss-reactive ketones (excluding diaryl/α,β-unsaturated/α-hetero) is 1. The summed E-state index contributed by atoms with van der Waals surface area (Å²) in [6, 6.07) is 5.71. The second kappa shape index (κ2) is 9.61. The Labute approximate surface area is 180 Å². The molecule has 0 saturated carbocycles. The molecule has 0 aromatic heterocycles. The summed E-state index contributed by atoms with van der Waals surface area (Å²) in [7, 11) is 1.61. The Morgan fingerprint density at radius 3 is 2.76 bits per heavy atom. The molecule has 1 atom stereocenters. The number of dihydropyridines is 1. The first-order valence-electron chi connectivity index (χ1n) is 10.2. The van der Waals surface area contributed by atoms with Gasteiger partial charge in [-0.15, -0.1) is 0 Å². The zero-order valence-corrected chi connectivity index (χ0v) is 18.9. The van der Waals surface area contributed by atoms with E-state index in [4.69, 9.17) is 9.47 Å². The zero-order valence-electron chi connectivity index (χ0n) is 17.3. The van der Waals surface area contributed by atoms with Gasteiger partial charge in [0.15, 0.2) is 5.78 Å². The van der Waals surface area contributed by atoms with Crippen LogP contribution in [0, 0.1) is 0 Å². The maximum atomic E-state index is 13.1. The van der Waals surface area contributed by atoms with Gasteiger partial charge >= 0.3 is 5.97 Å². The molecule has 0 saturated heterocycles. The summed E-state index contributed by atoms with van der Waals surface area (Å²) < 4.78 is 11.7. The molecular formula is C23H28BrNO4. The Bertz CT molecular complexity index is 872. The third kappa shape index (κ3) is 4.58. The average molecular weight is 462 g/mol. The summed E-state index contributed by atoms with van der Waals surface area (Å²) in [6.07, 6.45) is 5.07. The molecule has 156 valence electrons. The lowest BCUT2D eigenvalue weighted by molar-refractivity contribution is -0.139. The largest absolute Gasteiger partial charge is 0.496 e. The van der Waals surface area contributed by atoms with Gasteiger partial charge in [-0.05, 0) is 59.8 Å². The van der Waals surface area contributed by atoms with Crippen LogP contribution in [-0.4, -0.2) is 25.5 Å². The standard InChI is InChI=1S/C23H28BrNO4/c1-4-5-6-12-29-23(27)20-14(2)25-17-8-7-9-18(26)22(17)21(20)15-10-11-19(28-3)16(24)13-15/h10-11,13,21,25H,4-9,12H2,1-3H3/t21-/m0/s1. The molecule has 2 aliphatic rings. The van der Waals surface area contributed by atoms with E-state index in [0.29, 0.717) is 29.9 Å². The molecule has 1 N–H and O–H groups in total. The molecule has 1 aromatic rings. The van der Waals surface area contributed by atoms with Crippen LogP contribution in [0.5, 0.6) is 5.75 Å². The number of carbonyl (C=O) groups is 2. The molecule has 0 amide bonds. The fourth-order valence-corrected chi connectivity index (χ4v) is 4.60. The first kappa shape index (κ1) is 21.6. The molecule has 3 rings (SSSR count). The van der Waals surface area contributed by atoms with Gasteiger partial charge in [0.25, 0.3) is 0 Å². The summed E-state index contributed by atoms with van der Waals surface area (Å²) >= 11 is 3.53. The van der Waals surface area contributed by atoms with E-state index in [1.54, 1.807) is 7.11 Å². The number of esters is 1. The Morgan fingerprint density at radius 2 is 2.07 bits per heavy atom. The fourth-order valence-electron chi connectivity index (χ4n) is 4.04. The smallest absolute Gasteiger partial charge is 0.336 e. The van der Waals surface area contributed by atoms with Crippen LogP contribution in [0.4, 0.5) is 0 Å². The number of carbonyl (C=O) groups excluding carboxylic acids is 2. The SMILES string of the molecule is CCCCCOC(=O)C1=C(C)NC2=C(C(=O)CCC2)[C@H]1c1ccc(OC)c(Br)c1. The topological polar surface area (TPSA) is 64.6 Å². The number of hydrogen-bond donors (Lipinski definition) is 1. The number of benzene rings is 1. The molecule has 1 aliphatic carbocycles. The molecule has 0 unspecified atom stereocenters. The van der Waals surface area contributed by atoms with E-state index < -0.39 is 5.92 Å². The van der Waals surface area contributed by atoms with Crippen molar-refractivity contribution in [1.82, 2.24) is 5.32 Å². The van der Waals surface area contributed by atoms with E-state index in [2.05, 4.69) is 28.2 Å². The quantitative estimate of drug-likeness (QED) is 0.448. The van der Waals surface area contributed by atoms with Crippen LogP contribution >= 0.6 is 15.9 Å². The highest BCUT2D eigenvalue weighted by molar-refractivity contribution is 9.10. The van der Waals surface area contributed by atoms with Gasteiger partial charge in [0.1, 0.15) is 5.75 Å². The van der Waals surface area contributed by atoms with E-state index in [0.717, 1.165) is 53.5 Å². The number of hydrogen-bond acceptors (Lipinski definition) is 5. The van der Waals surface area contributed by atoms with Crippen LogP contribution < -0.4 is 10.1 Å². The van der Waals surface area contributed by atoms with Crippen LogP contribution in [0.1, 0.15) is 63.9 Å². The third-order valence-electron chi connectivity index (χ3n) is 5.49. The normalized spacial score (nSPS) is 19.0. The number of unbranched alkanes of at least 4 members (excludes halogenated alkanes) is 2. The minimum Gasteiger partial charge on any atom is -0.496 e. The lowest BCUT2D eigenvalue weighted by Gasteiger charge is -2.34. The van der Waals surface area contributed by atoms with Crippen LogP contribution in [0.25, 0.3) is 0 Å². The summed E-state index contributed by atoms with van der Waals surface area (Å²) in [5.74, 6) is 0.0172. The summed E-state index contributed by atoms with van der Waals surface area (Å²) in [5, 5.41) is 3.32. The zero-order chi connectivity index (χ0) is 21.0. The van der Waals surface area contributed by atoms with E-state index >= 15 is 0 Å². The monoisotopic (exact) mass is 461 g/mol. The number of nitrogens with one attached hydrogen (secondary N) is 1. The van der Waals surface area contributed by atoms with Crippen LogP contribution in [0.15, 0.2) is 45.2 Å². The molecule has 6 heteroatoms. The molecule has 0 spiro atoms. The highest BCUT2D eigenvalue weighted by atomic mass is 79.9. The van der Waals surface area contributed by atoms with E-state index in [-0.39, 0.29) is 11.8 Å². The Morgan fingerprint density at radius 1 is 1.28 bits per heavy atom. The highest BCUT2D eigenvalue weighted by Crippen LogP contribution is 2.43. The molecule has 0 fully saturated rings. The third-order valence-corrected chi connectivity index (χ3v) is 6.11. The van der Waals surface area contributed by atoms with Crippen molar-refractivity contribution in [2.45, 2.75) is 58.3 Å². The number of methoxy groups -OCH3 is 1. The van der Waals surface area contributed by atoms with Crippen LogP contribution in [-0.2, 0) is 14.3 Å². The minimum absolute atomic E-state index is 0.0967. The van der Waals surface area contributed by atoms with Crippen molar-refractivity contribution < 1.29 is 19.1 Å². The predicted octanol–water partition coefficient (Wildman–Crippen LogP) is 5.16. The lowest BCUT2D eigenvalue weighted by atomic mass is 9.75. The first-order valence-corrected chi connectivity index (χ1v) is 11.0. The summed E-state index contributed by atoms with van der Waals surface area (Å²) in [5.41, 5.74) is 3.78. The number of ether oxygens (including phenoxy) is 2. The fraction of sp³-hybridized carbons (Fsp3) is 0.478. The van der Waals surface area contributed by atoms with E-state index in [9.17, 15) is 9.59 Å². The second-order valence-corrected chi connectivity index (χ2v) is 8.36. The van der Waals surface area contributed by atoms with Crippen molar-refractivity contribution >= 4 is 27.7 Å². The van der Waals surface area contributed by atoms with Gasteiger partial charge in [-0.1, -0.05) is 25.8 Å². The van der Waals surface area contributed by atoms with Crippen molar-refractivity contribution in [3.05, 3.63) is 50.8 Å². The minimum atomic E-state index is -0.431. The molecule has 29 heavy (non-hydrogen) atoms.